The SMILES string of the molecule is CCCNCc1ccc(CN(C)C(C)CCSC)cc1. The van der Waals surface area contributed by atoms with E-state index < -0.39 is 0 Å². The Morgan fingerprint density at radius 2 is 1.85 bits per heavy atom. The van der Waals surface area contributed by atoms with Crippen LogP contribution < -0.4 is 5.32 Å². The van der Waals surface area contributed by atoms with E-state index in [2.05, 4.69) is 61.6 Å². The third-order valence-electron chi connectivity index (χ3n) is 3.70. The van der Waals surface area contributed by atoms with Crippen LogP contribution in [-0.2, 0) is 13.1 Å². The Morgan fingerprint density at radius 1 is 1.20 bits per heavy atom. The molecule has 0 radical (unpaired) electrons. The molecule has 0 amide bonds. The highest BCUT2D eigenvalue weighted by Gasteiger charge is 2.09. The van der Waals surface area contributed by atoms with Crippen molar-refractivity contribution in [1.29, 1.82) is 0 Å². The highest BCUT2D eigenvalue weighted by molar-refractivity contribution is 7.98. The van der Waals surface area contributed by atoms with Crippen LogP contribution in [-0.4, -0.2) is 36.5 Å². The normalized spacial score (nSPS) is 12.8. The third-order valence-corrected chi connectivity index (χ3v) is 4.35. The zero-order valence-corrected chi connectivity index (χ0v) is 14.3. The van der Waals surface area contributed by atoms with Crippen LogP contribution in [0.2, 0.25) is 0 Å². The summed E-state index contributed by atoms with van der Waals surface area (Å²) >= 11 is 1.93. The lowest BCUT2D eigenvalue weighted by atomic mass is 10.1. The molecule has 114 valence electrons. The number of benzene rings is 1. The maximum Gasteiger partial charge on any atom is 0.0233 e. The summed E-state index contributed by atoms with van der Waals surface area (Å²) in [6, 6.07) is 9.67. The molecule has 1 unspecified atom stereocenters. The Balaban J connectivity index is 2.40. The Kier molecular flexibility index (Phi) is 8.99. The van der Waals surface area contributed by atoms with Gasteiger partial charge in [-0.25, -0.2) is 0 Å². The summed E-state index contributed by atoms with van der Waals surface area (Å²) in [7, 11) is 2.22. The number of nitrogens with one attached hydrogen (secondary N) is 1. The minimum Gasteiger partial charge on any atom is -0.313 e. The molecule has 1 N–H and O–H groups in total. The number of hydrogen-bond acceptors (Lipinski definition) is 3. The molecule has 1 aromatic carbocycles. The van der Waals surface area contributed by atoms with Gasteiger partial charge in [-0.3, -0.25) is 4.90 Å². The van der Waals surface area contributed by atoms with Gasteiger partial charge in [0.2, 0.25) is 0 Å². The van der Waals surface area contributed by atoms with Crippen LogP contribution in [0, 0.1) is 0 Å². The highest BCUT2D eigenvalue weighted by atomic mass is 32.2. The lowest BCUT2D eigenvalue weighted by Crippen LogP contribution is -2.29. The van der Waals surface area contributed by atoms with Crippen LogP contribution >= 0.6 is 11.8 Å². The van der Waals surface area contributed by atoms with Crippen LogP contribution in [0.1, 0.15) is 37.8 Å². The van der Waals surface area contributed by atoms with Gasteiger partial charge in [-0.2, -0.15) is 11.8 Å². The van der Waals surface area contributed by atoms with Crippen molar-refractivity contribution in [2.45, 2.75) is 45.8 Å². The molecule has 0 aliphatic rings. The maximum atomic E-state index is 3.44. The first kappa shape index (κ1) is 17.5. The summed E-state index contributed by atoms with van der Waals surface area (Å²) in [4.78, 5) is 2.44. The fraction of sp³-hybridized carbons (Fsp3) is 0.647. The predicted molar refractivity (Wildman–Crippen MR) is 92.4 cm³/mol. The second-order valence-electron chi connectivity index (χ2n) is 5.54. The molecule has 0 bridgehead atoms. The molecule has 0 aliphatic carbocycles. The van der Waals surface area contributed by atoms with Gasteiger partial charge in [0.05, 0.1) is 0 Å². The average Bonchev–Trinajstić information content (AvgIpc) is 2.46. The standard InChI is InChI=1S/C17H30N2S/c1-5-11-18-13-16-6-8-17(9-7-16)14-19(3)15(2)10-12-20-4/h6-9,15,18H,5,10-14H2,1-4H3. The minimum atomic E-state index is 0.647. The fourth-order valence-corrected chi connectivity index (χ4v) is 2.70. The van der Waals surface area contributed by atoms with Crippen LogP contribution in [0.5, 0.6) is 0 Å². The summed E-state index contributed by atoms with van der Waals surface area (Å²) in [5.41, 5.74) is 2.78. The van der Waals surface area contributed by atoms with E-state index in [0.717, 1.165) is 19.6 Å². The zero-order chi connectivity index (χ0) is 14.8. The van der Waals surface area contributed by atoms with E-state index in [0.29, 0.717) is 6.04 Å². The second kappa shape index (κ2) is 10.3. The summed E-state index contributed by atoms with van der Waals surface area (Å²) in [6.07, 6.45) is 4.63. The van der Waals surface area contributed by atoms with E-state index in [1.54, 1.807) is 0 Å². The van der Waals surface area contributed by atoms with E-state index >= 15 is 0 Å². The summed E-state index contributed by atoms with van der Waals surface area (Å²) in [5, 5.41) is 3.44. The highest BCUT2D eigenvalue weighted by Crippen LogP contribution is 2.11. The Hall–Kier alpha value is -0.510. The molecule has 0 aromatic heterocycles. The quantitative estimate of drug-likeness (QED) is 0.662. The molecule has 1 atom stereocenters. The van der Waals surface area contributed by atoms with Crippen molar-refractivity contribution in [3.05, 3.63) is 35.4 Å². The van der Waals surface area contributed by atoms with Crippen molar-refractivity contribution in [1.82, 2.24) is 10.2 Å². The van der Waals surface area contributed by atoms with Gasteiger partial charge in [0.1, 0.15) is 0 Å². The first-order valence-corrected chi connectivity index (χ1v) is 9.04. The topological polar surface area (TPSA) is 15.3 Å². The van der Waals surface area contributed by atoms with E-state index in [4.69, 9.17) is 0 Å². The number of rotatable bonds is 10. The van der Waals surface area contributed by atoms with Gasteiger partial charge < -0.3 is 5.32 Å². The fourth-order valence-electron chi connectivity index (χ4n) is 2.12. The number of hydrogen-bond donors (Lipinski definition) is 1. The molecular weight excluding hydrogens is 264 g/mol. The van der Waals surface area contributed by atoms with Crippen molar-refractivity contribution in [2.75, 3.05) is 25.6 Å². The van der Waals surface area contributed by atoms with Crippen LogP contribution in [0.25, 0.3) is 0 Å². The molecule has 0 heterocycles. The Morgan fingerprint density at radius 3 is 2.45 bits per heavy atom. The van der Waals surface area contributed by atoms with Crippen molar-refractivity contribution >= 4 is 11.8 Å². The summed E-state index contributed by atoms with van der Waals surface area (Å²) < 4.78 is 0. The minimum absolute atomic E-state index is 0.647. The maximum absolute atomic E-state index is 3.44. The van der Waals surface area contributed by atoms with Crippen molar-refractivity contribution < 1.29 is 0 Å². The van der Waals surface area contributed by atoms with Crippen molar-refractivity contribution in [3.63, 3.8) is 0 Å². The summed E-state index contributed by atoms with van der Waals surface area (Å²) in [5.74, 6) is 1.24. The molecule has 2 nitrogen and oxygen atoms in total. The molecule has 0 fully saturated rings. The summed E-state index contributed by atoms with van der Waals surface area (Å²) in [6.45, 7) is 7.63. The van der Waals surface area contributed by atoms with E-state index in [9.17, 15) is 0 Å². The van der Waals surface area contributed by atoms with Gasteiger partial charge in [0.15, 0.2) is 0 Å². The lowest BCUT2D eigenvalue weighted by molar-refractivity contribution is 0.245. The molecule has 0 spiro atoms. The van der Waals surface area contributed by atoms with Gasteiger partial charge in [0, 0.05) is 19.1 Å². The molecule has 3 heteroatoms. The second-order valence-corrected chi connectivity index (χ2v) is 6.52. The lowest BCUT2D eigenvalue weighted by Gasteiger charge is -2.24. The first-order valence-electron chi connectivity index (χ1n) is 7.65. The average molecular weight is 295 g/mol. The Labute approximate surface area is 129 Å². The smallest absolute Gasteiger partial charge is 0.0233 e. The van der Waals surface area contributed by atoms with Gasteiger partial charge >= 0.3 is 0 Å². The molecule has 20 heavy (non-hydrogen) atoms. The predicted octanol–water partition coefficient (Wildman–Crippen LogP) is 3.76. The first-order chi connectivity index (χ1) is 9.67. The molecule has 0 saturated heterocycles. The van der Waals surface area contributed by atoms with E-state index in [1.807, 2.05) is 11.8 Å². The zero-order valence-electron chi connectivity index (χ0n) is 13.5. The number of thioether (sulfide) groups is 1. The third kappa shape index (κ3) is 6.78. The van der Waals surface area contributed by atoms with Gasteiger partial charge in [-0.15, -0.1) is 0 Å². The monoisotopic (exact) mass is 294 g/mol. The molecule has 0 aliphatic heterocycles. The van der Waals surface area contributed by atoms with E-state index in [1.165, 1.54) is 29.7 Å². The van der Waals surface area contributed by atoms with Crippen LogP contribution in [0.4, 0.5) is 0 Å². The largest absolute Gasteiger partial charge is 0.313 e. The van der Waals surface area contributed by atoms with Gasteiger partial charge in [-0.05, 0) is 56.5 Å². The van der Waals surface area contributed by atoms with Gasteiger partial charge in [0.25, 0.3) is 0 Å². The molecule has 1 aromatic rings. The number of nitrogens with zero attached hydrogens (tertiary/aromatic N) is 1. The van der Waals surface area contributed by atoms with Gasteiger partial charge in [-0.1, -0.05) is 31.2 Å². The molecule has 0 saturated carbocycles. The van der Waals surface area contributed by atoms with Crippen LogP contribution in [0.3, 0.4) is 0 Å². The van der Waals surface area contributed by atoms with E-state index in [-0.39, 0.29) is 0 Å². The van der Waals surface area contributed by atoms with Crippen LogP contribution in [0.15, 0.2) is 24.3 Å². The molecule has 1 rings (SSSR count). The molecular formula is C17H30N2S. The van der Waals surface area contributed by atoms with Crippen molar-refractivity contribution in [2.24, 2.45) is 0 Å². The van der Waals surface area contributed by atoms with Crippen molar-refractivity contribution in [3.8, 4) is 0 Å². The Bertz CT molecular complexity index is 351.